The zero-order valence-corrected chi connectivity index (χ0v) is 33.1. The third kappa shape index (κ3) is 6.23. The van der Waals surface area contributed by atoms with E-state index in [1.165, 1.54) is 10.8 Å². The van der Waals surface area contributed by atoms with Crippen LogP contribution in [0.2, 0.25) is 0 Å². The third-order valence-corrected chi connectivity index (χ3v) is 12.0. The van der Waals surface area contributed by atoms with Gasteiger partial charge in [-0.15, -0.1) is 0 Å². The molecule has 3 heteroatoms. The number of para-hydroxylation sites is 3. The molecule has 0 spiro atoms. The molecule has 2 aromatic heterocycles. The summed E-state index contributed by atoms with van der Waals surface area (Å²) in [5.41, 5.74) is 16.0. The van der Waals surface area contributed by atoms with Gasteiger partial charge in [0.2, 0.25) is 0 Å². The number of furan rings is 2. The van der Waals surface area contributed by atoms with Crippen LogP contribution in [0.4, 0.5) is 17.1 Å². The van der Waals surface area contributed by atoms with E-state index in [9.17, 15) is 0 Å². The van der Waals surface area contributed by atoms with Crippen LogP contribution in [-0.4, -0.2) is 0 Å². The molecule has 0 fully saturated rings. The Hall–Kier alpha value is -8.14. The van der Waals surface area contributed by atoms with Gasteiger partial charge in [0.25, 0.3) is 0 Å². The molecule has 0 saturated heterocycles. The summed E-state index contributed by atoms with van der Waals surface area (Å²) in [7, 11) is 0. The van der Waals surface area contributed by atoms with Crippen LogP contribution in [0, 0.1) is 0 Å². The van der Waals surface area contributed by atoms with Gasteiger partial charge in [0.1, 0.15) is 22.3 Å². The van der Waals surface area contributed by atoms with Crippen LogP contribution in [0.3, 0.4) is 0 Å². The van der Waals surface area contributed by atoms with Gasteiger partial charge in [0.15, 0.2) is 0 Å². The van der Waals surface area contributed by atoms with Gasteiger partial charge in [0.05, 0.1) is 0 Å². The number of benzene rings is 10. The van der Waals surface area contributed by atoms with E-state index >= 15 is 0 Å². The standard InChI is InChI=1S/C58H37NO2/c1-2-17-48(18-3-1)59(50-27-24-38-12-4-5-13-41(38)34-50)49-19-11-16-42(35-49)39-14-10-15-40(30-39)45-31-46(43-25-28-57-53(36-43)51-20-6-8-22-55(51)60-57)33-47(32-45)44-26-29-58-54(37-44)52-21-7-9-23-56(52)61-58/h1-37H. The Kier molecular flexibility index (Phi) is 8.17. The molecule has 12 rings (SSSR count). The Bertz CT molecular complexity index is 3480. The molecule has 12 aromatic rings. The Balaban J connectivity index is 0.989. The van der Waals surface area contributed by atoms with Gasteiger partial charge in [-0.3, -0.25) is 0 Å². The highest BCUT2D eigenvalue weighted by molar-refractivity contribution is 6.08. The Morgan fingerprint density at radius 3 is 1.31 bits per heavy atom. The normalized spacial score (nSPS) is 11.6. The van der Waals surface area contributed by atoms with Crippen LogP contribution < -0.4 is 4.90 Å². The summed E-state index contributed by atoms with van der Waals surface area (Å²) < 4.78 is 12.5. The first kappa shape index (κ1) is 34.9. The van der Waals surface area contributed by atoms with Crippen molar-refractivity contribution in [3.63, 3.8) is 0 Å². The molecule has 286 valence electrons. The largest absolute Gasteiger partial charge is 0.456 e. The summed E-state index contributed by atoms with van der Waals surface area (Å²) in [5.74, 6) is 0. The monoisotopic (exact) mass is 779 g/mol. The Morgan fingerprint density at radius 1 is 0.230 bits per heavy atom. The van der Waals surface area contributed by atoms with Gasteiger partial charge in [-0.25, -0.2) is 0 Å². The average Bonchev–Trinajstić information content (AvgIpc) is 3.90. The summed E-state index contributed by atoms with van der Waals surface area (Å²) in [5, 5.41) is 6.90. The third-order valence-electron chi connectivity index (χ3n) is 12.0. The van der Waals surface area contributed by atoms with Gasteiger partial charge >= 0.3 is 0 Å². The number of anilines is 3. The van der Waals surface area contributed by atoms with E-state index in [0.717, 1.165) is 105 Å². The van der Waals surface area contributed by atoms with E-state index in [-0.39, 0.29) is 0 Å². The number of fused-ring (bicyclic) bond motifs is 7. The first-order chi connectivity index (χ1) is 30.2. The molecule has 0 radical (unpaired) electrons. The molecule has 61 heavy (non-hydrogen) atoms. The van der Waals surface area contributed by atoms with Crippen molar-refractivity contribution in [1.82, 2.24) is 0 Å². The van der Waals surface area contributed by atoms with Crippen molar-refractivity contribution >= 4 is 71.7 Å². The van der Waals surface area contributed by atoms with Gasteiger partial charge in [-0.1, -0.05) is 127 Å². The molecule has 10 aromatic carbocycles. The maximum absolute atomic E-state index is 6.23. The van der Waals surface area contributed by atoms with Crippen molar-refractivity contribution in [2.45, 2.75) is 0 Å². The molecule has 3 nitrogen and oxygen atoms in total. The zero-order valence-electron chi connectivity index (χ0n) is 33.1. The van der Waals surface area contributed by atoms with Crippen LogP contribution in [0.5, 0.6) is 0 Å². The van der Waals surface area contributed by atoms with E-state index in [4.69, 9.17) is 8.83 Å². The summed E-state index contributed by atoms with van der Waals surface area (Å²) in [6.45, 7) is 0. The summed E-state index contributed by atoms with van der Waals surface area (Å²) in [6.07, 6.45) is 0. The summed E-state index contributed by atoms with van der Waals surface area (Å²) in [6, 6.07) is 80.3. The van der Waals surface area contributed by atoms with E-state index in [0.29, 0.717) is 0 Å². The fraction of sp³-hybridized carbons (Fsp3) is 0. The average molecular weight is 780 g/mol. The summed E-state index contributed by atoms with van der Waals surface area (Å²) in [4.78, 5) is 2.34. The maximum atomic E-state index is 6.23. The van der Waals surface area contributed by atoms with E-state index in [2.05, 4.69) is 205 Å². The minimum absolute atomic E-state index is 0.889. The Morgan fingerprint density at radius 2 is 0.672 bits per heavy atom. The molecule has 0 atom stereocenters. The van der Waals surface area contributed by atoms with Gasteiger partial charge < -0.3 is 13.7 Å². The predicted molar refractivity (Wildman–Crippen MR) is 255 cm³/mol. The van der Waals surface area contributed by atoms with Crippen molar-refractivity contribution in [1.29, 1.82) is 0 Å². The lowest BCUT2D eigenvalue weighted by molar-refractivity contribution is 0.668. The number of nitrogens with zero attached hydrogens (tertiary/aromatic N) is 1. The van der Waals surface area contributed by atoms with Crippen LogP contribution >= 0.6 is 0 Å². The van der Waals surface area contributed by atoms with Gasteiger partial charge in [-0.2, -0.15) is 0 Å². The highest BCUT2D eigenvalue weighted by Gasteiger charge is 2.16. The molecule has 0 saturated carbocycles. The fourth-order valence-corrected chi connectivity index (χ4v) is 8.98. The minimum atomic E-state index is 0.889. The second-order valence-corrected chi connectivity index (χ2v) is 15.8. The van der Waals surface area contributed by atoms with Crippen LogP contribution in [0.1, 0.15) is 0 Å². The van der Waals surface area contributed by atoms with E-state index in [1.807, 2.05) is 24.3 Å². The molecule has 0 N–H and O–H groups in total. The number of hydrogen-bond acceptors (Lipinski definition) is 3. The number of hydrogen-bond donors (Lipinski definition) is 0. The highest BCUT2D eigenvalue weighted by Crippen LogP contribution is 2.41. The maximum Gasteiger partial charge on any atom is 0.135 e. The first-order valence-electron chi connectivity index (χ1n) is 20.7. The first-order valence-corrected chi connectivity index (χ1v) is 20.7. The van der Waals surface area contributed by atoms with E-state index in [1.54, 1.807) is 0 Å². The SMILES string of the molecule is c1ccc(N(c2cccc(-c3cccc(-c4cc(-c5ccc6oc7ccccc7c6c5)cc(-c5ccc6oc7ccccc7c6c5)c4)c3)c2)c2ccc3ccccc3c2)cc1. The summed E-state index contributed by atoms with van der Waals surface area (Å²) >= 11 is 0. The lowest BCUT2D eigenvalue weighted by Gasteiger charge is -2.26. The predicted octanol–water partition coefficient (Wildman–Crippen LogP) is 16.8. The smallest absolute Gasteiger partial charge is 0.135 e. The van der Waals surface area contributed by atoms with E-state index < -0.39 is 0 Å². The van der Waals surface area contributed by atoms with Gasteiger partial charge in [0, 0.05) is 38.6 Å². The van der Waals surface area contributed by atoms with Crippen molar-refractivity contribution in [3.05, 3.63) is 224 Å². The molecule has 0 bridgehead atoms. The van der Waals surface area contributed by atoms with Gasteiger partial charge in [-0.05, 0) is 152 Å². The van der Waals surface area contributed by atoms with Crippen LogP contribution in [0.15, 0.2) is 233 Å². The minimum Gasteiger partial charge on any atom is -0.456 e. The molecular weight excluding hydrogens is 743 g/mol. The van der Waals surface area contributed by atoms with Crippen molar-refractivity contribution in [3.8, 4) is 44.5 Å². The molecule has 0 amide bonds. The molecule has 2 heterocycles. The topological polar surface area (TPSA) is 29.5 Å². The molecule has 0 unspecified atom stereocenters. The zero-order chi connectivity index (χ0) is 40.3. The molecular formula is C58H37NO2. The molecule has 0 aliphatic carbocycles. The van der Waals surface area contributed by atoms with Crippen molar-refractivity contribution in [2.24, 2.45) is 0 Å². The van der Waals surface area contributed by atoms with Crippen LogP contribution in [-0.2, 0) is 0 Å². The van der Waals surface area contributed by atoms with Crippen molar-refractivity contribution in [2.75, 3.05) is 4.90 Å². The lowest BCUT2D eigenvalue weighted by atomic mass is 9.91. The molecule has 0 aliphatic rings. The Labute approximate surface area is 353 Å². The fourth-order valence-electron chi connectivity index (χ4n) is 8.98. The second-order valence-electron chi connectivity index (χ2n) is 15.8. The van der Waals surface area contributed by atoms with Crippen LogP contribution in [0.25, 0.3) is 99.2 Å². The molecule has 0 aliphatic heterocycles. The quantitative estimate of drug-likeness (QED) is 0.161. The second kappa shape index (κ2) is 14.3. The van der Waals surface area contributed by atoms with Crippen molar-refractivity contribution < 1.29 is 8.83 Å². The lowest BCUT2D eigenvalue weighted by Crippen LogP contribution is -2.09. The highest BCUT2D eigenvalue weighted by atomic mass is 16.3. The number of rotatable bonds is 7.